The Kier molecular flexibility index (Phi) is 8.04. The average Bonchev–Trinajstić information content (AvgIpc) is 3.63. The molecule has 212 valence electrons. The Balaban J connectivity index is 1.27. The first-order valence-electron chi connectivity index (χ1n) is 13.6. The zero-order valence-corrected chi connectivity index (χ0v) is 23.9. The lowest BCUT2D eigenvalue weighted by atomic mass is 9.91. The highest BCUT2D eigenvalue weighted by atomic mass is 32.1. The van der Waals surface area contributed by atoms with E-state index in [1.54, 1.807) is 17.4 Å². The molecule has 4 atom stereocenters. The summed E-state index contributed by atoms with van der Waals surface area (Å²) in [5.74, 6) is -0.390. The number of β-amino-alcohol motifs (C(OH)–C–C–N with tert-alkyl or cyclic N) is 1. The van der Waals surface area contributed by atoms with Crippen molar-refractivity contribution in [2.45, 2.75) is 58.2 Å². The predicted molar refractivity (Wildman–Crippen MR) is 151 cm³/mol. The SMILES string of the molecule is Cc1ncsc1-c1ccc([C@H](C)NC(=O)[C@@H]2C[C@@H](O)CN2C(=O)C(c2cc(N3CC(C=O)C3)no2)C(C)C)cc1. The minimum Gasteiger partial charge on any atom is -0.391 e. The molecular weight excluding hydrogens is 530 g/mol. The van der Waals surface area contributed by atoms with Crippen LogP contribution in [0.3, 0.4) is 0 Å². The van der Waals surface area contributed by atoms with E-state index in [4.69, 9.17) is 4.52 Å². The van der Waals surface area contributed by atoms with Crippen LogP contribution in [0.1, 0.15) is 56.2 Å². The number of aryl methyl sites for hydroxylation is 1. The molecule has 3 aromatic rings. The number of aldehydes is 1. The molecule has 2 saturated heterocycles. The Morgan fingerprint density at radius 2 is 1.90 bits per heavy atom. The van der Waals surface area contributed by atoms with Crippen molar-refractivity contribution in [3.63, 3.8) is 0 Å². The zero-order chi connectivity index (χ0) is 28.6. The lowest BCUT2D eigenvalue weighted by molar-refractivity contribution is -0.141. The van der Waals surface area contributed by atoms with Gasteiger partial charge in [-0.1, -0.05) is 43.3 Å². The molecule has 2 aliphatic rings. The molecule has 0 saturated carbocycles. The quantitative estimate of drug-likeness (QED) is 0.378. The fourth-order valence-corrected chi connectivity index (χ4v) is 6.29. The van der Waals surface area contributed by atoms with Gasteiger partial charge in [0, 0.05) is 38.0 Å². The summed E-state index contributed by atoms with van der Waals surface area (Å²) in [6, 6.07) is 8.66. The van der Waals surface area contributed by atoms with Crippen LogP contribution in [0.25, 0.3) is 10.4 Å². The summed E-state index contributed by atoms with van der Waals surface area (Å²) in [6.07, 6.45) is 0.305. The number of aromatic nitrogens is 2. The van der Waals surface area contributed by atoms with Crippen LogP contribution < -0.4 is 10.2 Å². The summed E-state index contributed by atoms with van der Waals surface area (Å²) in [6.45, 7) is 8.93. The maximum absolute atomic E-state index is 13.8. The second-order valence-corrected chi connectivity index (χ2v) is 12.0. The molecule has 11 heteroatoms. The summed E-state index contributed by atoms with van der Waals surface area (Å²) < 4.78 is 5.59. The third-order valence-electron chi connectivity index (χ3n) is 7.82. The standard InChI is InChI=1S/C29H35N5O5S/c1-16(2)26(24-10-25(32-39-24)33-11-19(12-33)14-35)29(38)34-13-22(36)9-23(34)28(37)31-17(3)20-5-7-21(8-6-20)27-18(4)30-15-40-27/h5-8,10,14-17,19,22-23,26,36H,9,11-13H2,1-4H3,(H,31,37)/t17-,22+,23-,26?/m0/s1. The van der Waals surface area contributed by atoms with Crippen LogP contribution in [0, 0.1) is 18.8 Å². The van der Waals surface area contributed by atoms with Gasteiger partial charge < -0.3 is 29.5 Å². The van der Waals surface area contributed by atoms with Crippen molar-refractivity contribution >= 4 is 35.3 Å². The lowest BCUT2D eigenvalue weighted by Crippen LogP contribution is -2.48. The van der Waals surface area contributed by atoms with Gasteiger partial charge in [-0.05, 0) is 30.9 Å². The molecule has 5 rings (SSSR count). The number of nitrogens with zero attached hydrogens (tertiary/aromatic N) is 4. The van der Waals surface area contributed by atoms with Crippen LogP contribution in [-0.2, 0) is 14.4 Å². The molecule has 1 aromatic carbocycles. The predicted octanol–water partition coefficient (Wildman–Crippen LogP) is 3.32. The van der Waals surface area contributed by atoms with Crippen LogP contribution >= 0.6 is 11.3 Å². The van der Waals surface area contributed by atoms with E-state index in [1.807, 2.05) is 62.4 Å². The summed E-state index contributed by atoms with van der Waals surface area (Å²) in [4.78, 5) is 47.0. The van der Waals surface area contributed by atoms with Crippen LogP contribution in [0.15, 0.2) is 40.4 Å². The zero-order valence-electron chi connectivity index (χ0n) is 23.1. The number of carbonyl (C=O) groups is 3. The molecular formula is C29H35N5O5S. The normalized spacial score (nSPS) is 20.9. The Morgan fingerprint density at radius 1 is 1.18 bits per heavy atom. The summed E-state index contributed by atoms with van der Waals surface area (Å²) in [7, 11) is 0. The van der Waals surface area contributed by atoms with E-state index in [0.717, 1.165) is 28.0 Å². The van der Waals surface area contributed by atoms with E-state index >= 15 is 0 Å². The molecule has 4 heterocycles. The van der Waals surface area contributed by atoms with Crippen molar-refractivity contribution in [3.8, 4) is 10.4 Å². The number of hydrogen-bond acceptors (Lipinski definition) is 9. The van der Waals surface area contributed by atoms with Crippen molar-refractivity contribution < 1.29 is 24.0 Å². The minimum atomic E-state index is -0.795. The van der Waals surface area contributed by atoms with Crippen molar-refractivity contribution in [1.29, 1.82) is 0 Å². The van der Waals surface area contributed by atoms with Crippen molar-refractivity contribution in [2.75, 3.05) is 24.5 Å². The number of amides is 2. The van der Waals surface area contributed by atoms with Gasteiger partial charge in [0.25, 0.3) is 0 Å². The highest BCUT2D eigenvalue weighted by molar-refractivity contribution is 7.13. The van der Waals surface area contributed by atoms with Crippen molar-refractivity contribution in [2.24, 2.45) is 11.8 Å². The number of thiazole rings is 1. The molecule has 10 nitrogen and oxygen atoms in total. The molecule has 0 spiro atoms. The number of benzene rings is 1. The number of aliphatic hydroxyl groups excluding tert-OH is 1. The van der Waals surface area contributed by atoms with Gasteiger partial charge >= 0.3 is 0 Å². The van der Waals surface area contributed by atoms with E-state index in [9.17, 15) is 19.5 Å². The second-order valence-electron chi connectivity index (χ2n) is 11.1. The lowest BCUT2D eigenvalue weighted by Gasteiger charge is -2.35. The smallest absolute Gasteiger partial charge is 0.243 e. The summed E-state index contributed by atoms with van der Waals surface area (Å²) >= 11 is 1.59. The van der Waals surface area contributed by atoms with Gasteiger partial charge in [0.15, 0.2) is 11.6 Å². The number of aliphatic hydroxyl groups is 1. The molecule has 2 fully saturated rings. The van der Waals surface area contributed by atoms with Gasteiger partial charge in [0.05, 0.1) is 28.2 Å². The van der Waals surface area contributed by atoms with Crippen LogP contribution in [0.2, 0.25) is 0 Å². The molecule has 2 aliphatic heterocycles. The van der Waals surface area contributed by atoms with Crippen molar-refractivity contribution in [1.82, 2.24) is 20.4 Å². The Hall–Kier alpha value is -3.57. The third-order valence-corrected chi connectivity index (χ3v) is 8.80. The number of hydrogen-bond donors (Lipinski definition) is 2. The first-order valence-corrected chi connectivity index (χ1v) is 14.5. The molecule has 2 aromatic heterocycles. The van der Waals surface area contributed by atoms with Crippen LogP contribution in [-0.4, -0.2) is 70.0 Å². The first kappa shape index (κ1) is 28.0. The summed E-state index contributed by atoms with van der Waals surface area (Å²) in [5, 5.41) is 17.6. The Morgan fingerprint density at radius 3 is 2.52 bits per heavy atom. The topological polar surface area (TPSA) is 129 Å². The van der Waals surface area contributed by atoms with Gasteiger partial charge in [-0.25, -0.2) is 4.98 Å². The second kappa shape index (κ2) is 11.5. The van der Waals surface area contributed by atoms with Gasteiger partial charge in [-0.2, -0.15) is 0 Å². The molecule has 40 heavy (non-hydrogen) atoms. The number of likely N-dealkylation sites (tertiary alicyclic amines) is 1. The number of rotatable bonds is 9. The molecule has 0 aliphatic carbocycles. The minimum absolute atomic E-state index is 0.0177. The molecule has 0 radical (unpaired) electrons. The third kappa shape index (κ3) is 5.53. The van der Waals surface area contributed by atoms with Gasteiger partial charge in [0.2, 0.25) is 11.8 Å². The monoisotopic (exact) mass is 565 g/mol. The summed E-state index contributed by atoms with van der Waals surface area (Å²) in [5.41, 5.74) is 4.82. The maximum atomic E-state index is 13.8. The van der Waals surface area contributed by atoms with Crippen molar-refractivity contribution in [3.05, 3.63) is 52.9 Å². The molecule has 0 bridgehead atoms. The molecule has 2 amide bonds. The largest absolute Gasteiger partial charge is 0.391 e. The van der Waals surface area contributed by atoms with Crippen LogP contribution in [0.4, 0.5) is 5.82 Å². The van der Waals surface area contributed by atoms with Gasteiger partial charge in [0.1, 0.15) is 18.2 Å². The Labute approximate surface area is 237 Å². The highest BCUT2D eigenvalue weighted by Crippen LogP contribution is 2.34. The number of carbonyl (C=O) groups excluding carboxylic acids is 3. The van der Waals surface area contributed by atoms with E-state index in [1.165, 1.54) is 4.90 Å². The van der Waals surface area contributed by atoms with Crippen LogP contribution in [0.5, 0.6) is 0 Å². The first-order chi connectivity index (χ1) is 19.2. The van der Waals surface area contributed by atoms with E-state index < -0.39 is 18.1 Å². The van der Waals surface area contributed by atoms with E-state index in [-0.39, 0.29) is 42.7 Å². The number of nitrogens with one attached hydrogen (secondary N) is 1. The maximum Gasteiger partial charge on any atom is 0.243 e. The highest BCUT2D eigenvalue weighted by Gasteiger charge is 2.43. The molecule has 1 unspecified atom stereocenters. The Bertz CT molecular complexity index is 1360. The fourth-order valence-electron chi connectivity index (χ4n) is 5.48. The molecule has 2 N–H and O–H groups in total. The van der Waals surface area contributed by atoms with E-state index in [0.29, 0.717) is 24.7 Å². The van der Waals surface area contributed by atoms with Gasteiger partial charge in [-0.3, -0.25) is 9.59 Å². The van der Waals surface area contributed by atoms with Gasteiger partial charge in [-0.15, -0.1) is 11.3 Å². The average molecular weight is 566 g/mol. The fraction of sp³-hybridized carbons (Fsp3) is 0.483. The van der Waals surface area contributed by atoms with E-state index in [2.05, 4.69) is 15.5 Å². The number of anilines is 1.